The van der Waals surface area contributed by atoms with Crippen LogP contribution in [0.5, 0.6) is 11.5 Å². The highest BCUT2D eigenvalue weighted by Crippen LogP contribution is 2.40. The number of likely N-dealkylation sites (tertiary alicyclic amines) is 1. The van der Waals surface area contributed by atoms with Gasteiger partial charge in [-0.25, -0.2) is 13.4 Å². The van der Waals surface area contributed by atoms with Gasteiger partial charge in [-0.3, -0.25) is 34.2 Å². The Bertz CT molecular complexity index is 2140. The maximum Gasteiger partial charge on any atom is 0.326 e. The third-order valence-corrected chi connectivity index (χ3v) is 11.9. The molecule has 0 radical (unpaired) electrons. The Kier molecular flexibility index (Phi) is 9.71. The topological polar surface area (TPSA) is 195 Å². The van der Waals surface area contributed by atoms with Gasteiger partial charge in [-0.2, -0.15) is 8.42 Å². The van der Waals surface area contributed by atoms with E-state index in [-0.39, 0.29) is 66.8 Å². The number of aromatic hydroxyl groups is 1. The van der Waals surface area contributed by atoms with Crippen molar-refractivity contribution >= 4 is 61.9 Å². The zero-order valence-corrected chi connectivity index (χ0v) is 29.7. The number of imide groups is 1. The van der Waals surface area contributed by atoms with Crippen LogP contribution in [0.1, 0.15) is 42.7 Å². The number of anilines is 2. The Morgan fingerprint density at radius 1 is 1.02 bits per heavy atom. The first-order chi connectivity index (χ1) is 25.3. The first-order valence-electron chi connectivity index (χ1n) is 17.4. The van der Waals surface area contributed by atoms with Crippen molar-refractivity contribution in [1.82, 2.24) is 20.3 Å². The number of phenolic OH excluding ortho intramolecular Hbond substituents is 1. The number of nitrogens with zero attached hydrogens (tertiary/aromatic N) is 3. The van der Waals surface area contributed by atoms with Gasteiger partial charge < -0.3 is 20.1 Å². The molecule has 15 nitrogen and oxygen atoms in total. The van der Waals surface area contributed by atoms with E-state index in [2.05, 4.69) is 27.7 Å². The number of carbonyl (C=O) groups excluding carboxylic acids is 5. The van der Waals surface area contributed by atoms with Crippen molar-refractivity contribution in [2.24, 2.45) is 11.8 Å². The molecule has 3 saturated heterocycles. The molecule has 0 bridgehead atoms. The van der Waals surface area contributed by atoms with Crippen LogP contribution in [0.15, 0.2) is 42.5 Å². The lowest BCUT2D eigenvalue weighted by molar-refractivity contribution is -0.141. The van der Waals surface area contributed by atoms with Crippen molar-refractivity contribution in [3.8, 4) is 11.5 Å². The predicted molar refractivity (Wildman–Crippen MR) is 190 cm³/mol. The third-order valence-electron chi connectivity index (χ3n) is 10.5. The minimum absolute atomic E-state index is 0.0217. The summed E-state index contributed by atoms with van der Waals surface area (Å²) in [5.41, 5.74) is 2.32. The molecule has 4 N–H and O–H groups in total. The number of hydrogen-bond donors (Lipinski definition) is 4. The smallest absolute Gasteiger partial charge is 0.326 e. The van der Waals surface area contributed by atoms with E-state index in [4.69, 9.17) is 4.74 Å². The van der Waals surface area contributed by atoms with Crippen LogP contribution in [0.3, 0.4) is 0 Å². The third kappa shape index (κ3) is 7.22. The second-order valence-electron chi connectivity index (χ2n) is 13.9. The zero-order chi connectivity index (χ0) is 37.6. The number of hydrogen-bond acceptors (Lipinski definition) is 10. The molecule has 0 aromatic heterocycles. The molecule has 4 aliphatic rings. The molecule has 0 unspecified atom stereocenters. The molecule has 3 aromatic carbocycles. The minimum atomic E-state index is -4.35. The van der Waals surface area contributed by atoms with Crippen LogP contribution in [0.2, 0.25) is 0 Å². The molecular weight excluding hydrogens is 711 g/mol. The van der Waals surface area contributed by atoms with Crippen molar-refractivity contribution in [1.29, 1.82) is 0 Å². The summed E-state index contributed by atoms with van der Waals surface area (Å²) in [5, 5.41) is 15.8. The number of nitrogens with one attached hydrogen (secondary N) is 3. The number of piperidine rings is 2. The highest BCUT2D eigenvalue weighted by atomic mass is 32.2. The molecule has 4 heterocycles. The zero-order valence-electron chi connectivity index (χ0n) is 28.9. The molecule has 0 aliphatic carbocycles. The maximum absolute atomic E-state index is 15.5. The van der Waals surface area contributed by atoms with Gasteiger partial charge in [-0.05, 0) is 85.5 Å². The molecule has 17 heteroatoms. The van der Waals surface area contributed by atoms with E-state index < -0.39 is 51.8 Å². The van der Waals surface area contributed by atoms with Gasteiger partial charge in [0.15, 0.2) is 5.82 Å². The molecule has 3 fully saturated rings. The lowest BCUT2D eigenvalue weighted by Gasteiger charge is -2.37. The second kappa shape index (κ2) is 14.3. The van der Waals surface area contributed by atoms with E-state index in [0.29, 0.717) is 35.6 Å². The summed E-state index contributed by atoms with van der Waals surface area (Å²) >= 11 is 0. The monoisotopic (exact) mass is 750 g/mol. The second-order valence-corrected chi connectivity index (χ2v) is 15.5. The van der Waals surface area contributed by atoms with E-state index >= 15 is 4.39 Å². The molecule has 5 amide bonds. The molecular formula is C36H39FN6O9S. The van der Waals surface area contributed by atoms with E-state index in [1.54, 1.807) is 22.7 Å². The van der Waals surface area contributed by atoms with Gasteiger partial charge in [0, 0.05) is 24.5 Å². The minimum Gasteiger partial charge on any atom is -0.506 e. The molecule has 53 heavy (non-hydrogen) atoms. The van der Waals surface area contributed by atoms with Gasteiger partial charge in [0.05, 0.1) is 24.9 Å². The van der Waals surface area contributed by atoms with Gasteiger partial charge in [-0.1, -0.05) is 18.2 Å². The Labute approximate surface area is 304 Å². The first kappa shape index (κ1) is 36.1. The molecule has 0 saturated carbocycles. The summed E-state index contributed by atoms with van der Waals surface area (Å²) in [6.45, 7) is 1.22. The Hall–Kier alpha value is -5.29. The van der Waals surface area contributed by atoms with E-state index in [0.717, 1.165) is 29.7 Å². The number of rotatable bonds is 9. The highest BCUT2D eigenvalue weighted by molar-refractivity contribution is 7.92. The van der Waals surface area contributed by atoms with Gasteiger partial charge >= 0.3 is 10.2 Å². The molecule has 280 valence electrons. The Balaban J connectivity index is 0.883. The van der Waals surface area contributed by atoms with Crippen LogP contribution in [0.4, 0.5) is 15.8 Å². The first-order valence-corrected chi connectivity index (χ1v) is 18.9. The maximum atomic E-state index is 15.5. The number of ether oxygens (including phenoxy) is 1. The lowest BCUT2D eigenvalue weighted by atomic mass is 9.77. The standard InChI is InChI=1S/C36H39FN6O9S/c1-41-28-15-21(2-3-23(28)14-27(36(41)49)25-6-7-30(45)39-35(25)48)20-8-11-42(12-9-20)18-31(46)38-10-13-52-24-5-4-22-16-29(44)34(33(37)26(22)17-24)43-19-32(47)40-53(43,50)51/h2-5,15-17,20,25,27,44H,6-14,18-19H2,1H3,(H,38,46)(H,40,47)(H,39,45,48)/t25-,27-/m0/s1. The fraction of sp³-hybridized carbons (Fsp3) is 0.417. The number of fused-ring (bicyclic) bond motifs is 2. The fourth-order valence-corrected chi connectivity index (χ4v) is 8.91. The number of amides is 5. The normalized spacial score (nSPS) is 22.1. The average molecular weight is 751 g/mol. The van der Waals surface area contributed by atoms with Gasteiger partial charge in [-0.15, -0.1) is 0 Å². The number of halogens is 1. The quantitative estimate of drug-likeness (QED) is 0.184. The summed E-state index contributed by atoms with van der Waals surface area (Å²) in [7, 11) is -2.62. The van der Waals surface area contributed by atoms with E-state index in [1.165, 1.54) is 18.2 Å². The van der Waals surface area contributed by atoms with E-state index in [9.17, 15) is 37.5 Å². The molecule has 0 spiro atoms. The van der Waals surface area contributed by atoms with Gasteiger partial charge in [0.25, 0.3) is 5.91 Å². The van der Waals surface area contributed by atoms with Crippen LogP contribution < -0.4 is 29.3 Å². The van der Waals surface area contributed by atoms with Gasteiger partial charge in [0.1, 0.15) is 30.3 Å². The van der Waals surface area contributed by atoms with Crippen LogP contribution in [-0.2, 0) is 40.6 Å². The number of carbonyl (C=O) groups is 5. The SMILES string of the molecule is CN1C(=O)[C@H]([C@@H]2CCC(=O)NC2=O)Cc2ccc(C3CCN(CC(=O)NCCOc4ccc5cc(O)c(N6CC(=O)NS6(=O)=O)c(F)c5c4)CC3)cc21. The molecule has 7 rings (SSSR count). The molecule has 2 atom stereocenters. The summed E-state index contributed by atoms with van der Waals surface area (Å²) in [6, 6.07) is 11.8. The summed E-state index contributed by atoms with van der Waals surface area (Å²) < 4.78 is 48.0. The van der Waals surface area contributed by atoms with Crippen molar-refractivity contribution in [3.05, 3.63) is 59.4 Å². The lowest BCUT2D eigenvalue weighted by Crippen LogP contribution is -2.50. The molecule has 4 aliphatic heterocycles. The van der Waals surface area contributed by atoms with Gasteiger partial charge in [0.2, 0.25) is 23.6 Å². The fourth-order valence-electron chi connectivity index (χ4n) is 7.74. The number of benzene rings is 3. The van der Waals surface area contributed by atoms with Crippen LogP contribution in [-0.4, -0.2) is 94.3 Å². The van der Waals surface area contributed by atoms with Crippen molar-refractivity contribution in [3.63, 3.8) is 0 Å². The predicted octanol–water partition coefficient (Wildman–Crippen LogP) is 1.43. The van der Waals surface area contributed by atoms with E-state index in [1.807, 2.05) is 6.07 Å². The number of phenols is 1. The molecule has 3 aromatic rings. The van der Waals surface area contributed by atoms with Crippen LogP contribution in [0.25, 0.3) is 10.8 Å². The largest absolute Gasteiger partial charge is 0.506 e. The summed E-state index contributed by atoms with van der Waals surface area (Å²) in [4.78, 5) is 65.5. The average Bonchev–Trinajstić information content (AvgIpc) is 3.39. The summed E-state index contributed by atoms with van der Waals surface area (Å²) in [5.74, 6) is -4.00. The Morgan fingerprint density at radius 2 is 1.79 bits per heavy atom. The van der Waals surface area contributed by atoms with Crippen LogP contribution in [0, 0.1) is 17.7 Å². The highest BCUT2D eigenvalue weighted by Gasteiger charge is 2.42. The van der Waals surface area contributed by atoms with Crippen LogP contribution >= 0.6 is 0 Å². The Morgan fingerprint density at radius 3 is 2.51 bits per heavy atom. The summed E-state index contributed by atoms with van der Waals surface area (Å²) in [6.07, 6.45) is 2.72. The van der Waals surface area contributed by atoms with Crippen molar-refractivity contribution < 1.29 is 46.6 Å². The van der Waals surface area contributed by atoms with Crippen molar-refractivity contribution in [2.45, 2.75) is 38.0 Å². The van der Waals surface area contributed by atoms with Crippen molar-refractivity contribution in [2.75, 3.05) is 55.6 Å².